The fourth-order valence-corrected chi connectivity index (χ4v) is 3.01. The molecule has 3 aromatic carbocycles. The molecule has 0 aliphatic carbocycles. The lowest BCUT2D eigenvalue weighted by Crippen LogP contribution is -2.05. The second-order valence-corrected chi connectivity index (χ2v) is 4.81. The molecule has 0 fully saturated rings. The SMILES string of the molecule is NCn1c2ccccc2c2c3ccccc3ccc21. The van der Waals surface area contributed by atoms with Crippen LogP contribution >= 0.6 is 0 Å². The molecule has 0 unspecified atom stereocenters. The van der Waals surface area contributed by atoms with Crippen LogP contribution in [0.25, 0.3) is 32.6 Å². The fraction of sp³-hybridized carbons (Fsp3) is 0.0588. The molecule has 4 aromatic rings. The van der Waals surface area contributed by atoms with E-state index in [1.54, 1.807) is 0 Å². The molecule has 92 valence electrons. The zero-order valence-electron chi connectivity index (χ0n) is 10.5. The van der Waals surface area contributed by atoms with Gasteiger partial charge in [0, 0.05) is 10.8 Å². The Bertz CT molecular complexity index is 903. The molecule has 0 radical (unpaired) electrons. The van der Waals surface area contributed by atoms with Gasteiger partial charge in [0.2, 0.25) is 0 Å². The van der Waals surface area contributed by atoms with Gasteiger partial charge in [0.1, 0.15) is 0 Å². The Hall–Kier alpha value is -2.32. The van der Waals surface area contributed by atoms with Crippen molar-refractivity contribution in [2.24, 2.45) is 5.73 Å². The van der Waals surface area contributed by atoms with Crippen molar-refractivity contribution in [1.29, 1.82) is 0 Å². The van der Waals surface area contributed by atoms with Gasteiger partial charge in [-0.15, -0.1) is 0 Å². The van der Waals surface area contributed by atoms with Gasteiger partial charge in [0.25, 0.3) is 0 Å². The number of nitrogens with zero attached hydrogens (tertiary/aromatic N) is 1. The summed E-state index contributed by atoms with van der Waals surface area (Å²) in [4.78, 5) is 0. The van der Waals surface area contributed by atoms with Crippen molar-refractivity contribution in [2.75, 3.05) is 0 Å². The van der Waals surface area contributed by atoms with Crippen LogP contribution in [0.5, 0.6) is 0 Å². The Morgan fingerprint density at radius 3 is 2.32 bits per heavy atom. The summed E-state index contributed by atoms with van der Waals surface area (Å²) in [5, 5.41) is 5.15. The number of fused-ring (bicyclic) bond motifs is 5. The minimum Gasteiger partial charge on any atom is -0.327 e. The van der Waals surface area contributed by atoms with Gasteiger partial charge in [-0.2, -0.15) is 0 Å². The maximum atomic E-state index is 5.93. The van der Waals surface area contributed by atoms with Crippen LogP contribution < -0.4 is 5.73 Å². The molecule has 19 heavy (non-hydrogen) atoms. The lowest BCUT2D eigenvalue weighted by atomic mass is 10.0. The zero-order chi connectivity index (χ0) is 12.8. The highest BCUT2D eigenvalue weighted by Crippen LogP contribution is 2.34. The monoisotopic (exact) mass is 246 g/mol. The predicted molar refractivity (Wildman–Crippen MR) is 81.1 cm³/mol. The second kappa shape index (κ2) is 3.84. The molecule has 0 amide bonds. The maximum Gasteiger partial charge on any atom is 0.0707 e. The highest BCUT2D eigenvalue weighted by Gasteiger charge is 2.11. The number of para-hydroxylation sites is 1. The van der Waals surface area contributed by atoms with Crippen LogP contribution in [0.1, 0.15) is 0 Å². The van der Waals surface area contributed by atoms with Gasteiger partial charge in [-0.3, -0.25) is 0 Å². The average molecular weight is 246 g/mol. The largest absolute Gasteiger partial charge is 0.327 e. The molecule has 2 heteroatoms. The molecule has 0 aliphatic heterocycles. The average Bonchev–Trinajstić information content (AvgIpc) is 2.81. The van der Waals surface area contributed by atoms with Gasteiger partial charge in [-0.05, 0) is 22.9 Å². The van der Waals surface area contributed by atoms with Crippen LogP contribution in [-0.4, -0.2) is 4.57 Å². The lowest BCUT2D eigenvalue weighted by Gasteiger charge is -2.03. The smallest absolute Gasteiger partial charge is 0.0707 e. The van der Waals surface area contributed by atoms with Crippen LogP contribution in [-0.2, 0) is 6.67 Å². The molecular formula is C17H14N2. The van der Waals surface area contributed by atoms with E-state index < -0.39 is 0 Å². The number of hydrogen-bond donors (Lipinski definition) is 1. The molecule has 1 aromatic heterocycles. The van der Waals surface area contributed by atoms with E-state index in [9.17, 15) is 0 Å². The highest BCUT2D eigenvalue weighted by atomic mass is 15.0. The molecule has 2 N–H and O–H groups in total. The van der Waals surface area contributed by atoms with Crippen molar-refractivity contribution in [3.63, 3.8) is 0 Å². The number of nitrogens with two attached hydrogens (primary N) is 1. The topological polar surface area (TPSA) is 30.9 Å². The van der Waals surface area contributed by atoms with E-state index in [2.05, 4.69) is 65.2 Å². The maximum absolute atomic E-state index is 5.93. The first-order valence-electron chi connectivity index (χ1n) is 6.49. The Morgan fingerprint density at radius 1 is 0.737 bits per heavy atom. The Labute approximate surface area is 111 Å². The first-order valence-corrected chi connectivity index (χ1v) is 6.49. The van der Waals surface area contributed by atoms with Crippen molar-refractivity contribution in [1.82, 2.24) is 4.57 Å². The highest BCUT2D eigenvalue weighted by molar-refractivity contribution is 6.20. The quantitative estimate of drug-likeness (QED) is 0.543. The standard InChI is InChI=1S/C17H14N2/c18-11-19-15-8-4-3-7-14(15)17-13-6-2-1-5-12(13)9-10-16(17)19/h1-10H,11,18H2. The molecule has 0 bridgehead atoms. The summed E-state index contributed by atoms with van der Waals surface area (Å²) in [6.45, 7) is 0.502. The first kappa shape index (κ1) is 10.6. The van der Waals surface area contributed by atoms with E-state index >= 15 is 0 Å². The molecule has 0 saturated heterocycles. The molecular weight excluding hydrogens is 232 g/mol. The molecule has 2 nitrogen and oxygen atoms in total. The van der Waals surface area contributed by atoms with Crippen LogP contribution in [0, 0.1) is 0 Å². The number of benzene rings is 3. The minimum absolute atomic E-state index is 0.502. The number of aromatic nitrogens is 1. The van der Waals surface area contributed by atoms with Gasteiger partial charge >= 0.3 is 0 Å². The summed E-state index contributed by atoms with van der Waals surface area (Å²) in [6.07, 6.45) is 0. The van der Waals surface area contributed by atoms with E-state index in [1.165, 1.54) is 32.6 Å². The first-order chi connectivity index (χ1) is 9.40. The van der Waals surface area contributed by atoms with Crippen molar-refractivity contribution >= 4 is 32.6 Å². The van der Waals surface area contributed by atoms with E-state index in [0.717, 1.165) is 0 Å². The summed E-state index contributed by atoms with van der Waals surface area (Å²) in [6, 6.07) is 21.3. The van der Waals surface area contributed by atoms with Gasteiger partial charge in [-0.25, -0.2) is 0 Å². The van der Waals surface area contributed by atoms with Gasteiger partial charge in [0.15, 0.2) is 0 Å². The van der Waals surface area contributed by atoms with Crippen molar-refractivity contribution in [3.8, 4) is 0 Å². The number of rotatable bonds is 1. The van der Waals surface area contributed by atoms with Crippen LogP contribution in [0.4, 0.5) is 0 Å². The number of hydrogen-bond acceptors (Lipinski definition) is 1. The fourth-order valence-electron chi connectivity index (χ4n) is 3.01. The molecule has 4 rings (SSSR count). The predicted octanol–water partition coefficient (Wildman–Crippen LogP) is 3.86. The normalized spacial score (nSPS) is 11.6. The summed E-state index contributed by atoms with van der Waals surface area (Å²) < 4.78 is 2.18. The van der Waals surface area contributed by atoms with Crippen molar-refractivity contribution in [2.45, 2.75) is 6.67 Å². The van der Waals surface area contributed by atoms with Crippen molar-refractivity contribution in [3.05, 3.63) is 60.7 Å². The second-order valence-electron chi connectivity index (χ2n) is 4.81. The van der Waals surface area contributed by atoms with Gasteiger partial charge in [-0.1, -0.05) is 48.5 Å². The van der Waals surface area contributed by atoms with Gasteiger partial charge in [0.05, 0.1) is 17.7 Å². The lowest BCUT2D eigenvalue weighted by molar-refractivity contribution is 0.791. The van der Waals surface area contributed by atoms with Crippen LogP contribution in [0.15, 0.2) is 60.7 Å². The van der Waals surface area contributed by atoms with E-state index in [4.69, 9.17) is 5.73 Å². The van der Waals surface area contributed by atoms with E-state index in [0.29, 0.717) is 6.67 Å². The van der Waals surface area contributed by atoms with Gasteiger partial charge < -0.3 is 10.3 Å². The molecule has 0 atom stereocenters. The van der Waals surface area contributed by atoms with Crippen LogP contribution in [0.2, 0.25) is 0 Å². The Balaban J connectivity index is 2.37. The summed E-state index contributed by atoms with van der Waals surface area (Å²) in [5.41, 5.74) is 8.35. The molecule has 1 heterocycles. The van der Waals surface area contributed by atoms with E-state index in [1.807, 2.05) is 0 Å². The zero-order valence-corrected chi connectivity index (χ0v) is 10.5. The molecule has 0 aliphatic rings. The van der Waals surface area contributed by atoms with Crippen LogP contribution in [0.3, 0.4) is 0 Å². The minimum atomic E-state index is 0.502. The summed E-state index contributed by atoms with van der Waals surface area (Å²) in [5.74, 6) is 0. The van der Waals surface area contributed by atoms with E-state index in [-0.39, 0.29) is 0 Å². The Kier molecular flexibility index (Phi) is 2.14. The molecule has 0 spiro atoms. The van der Waals surface area contributed by atoms with Crippen molar-refractivity contribution < 1.29 is 0 Å². The third kappa shape index (κ3) is 1.35. The summed E-state index contributed by atoms with van der Waals surface area (Å²) >= 11 is 0. The third-order valence-corrected chi connectivity index (χ3v) is 3.84. The third-order valence-electron chi connectivity index (χ3n) is 3.84. The summed E-state index contributed by atoms with van der Waals surface area (Å²) in [7, 11) is 0. The molecule has 0 saturated carbocycles. The Morgan fingerprint density at radius 2 is 1.47 bits per heavy atom.